The van der Waals surface area contributed by atoms with Gasteiger partial charge in [0.05, 0.1) is 21.6 Å². The Kier molecular flexibility index (Phi) is 6.23. The normalized spacial score (nSPS) is 17.5. The van der Waals surface area contributed by atoms with Gasteiger partial charge in [-0.05, 0) is 36.1 Å². The van der Waals surface area contributed by atoms with Gasteiger partial charge in [-0.3, -0.25) is 4.79 Å². The second-order valence-corrected chi connectivity index (χ2v) is 7.79. The molecule has 0 radical (unpaired) electrons. The zero-order chi connectivity index (χ0) is 18.6. The largest absolute Gasteiger partial charge is 0.389 e. The minimum Gasteiger partial charge on any atom is -0.389 e. The van der Waals surface area contributed by atoms with Crippen molar-refractivity contribution >= 4 is 29.1 Å². The van der Waals surface area contributed by atoms with E-state index in [1.54, 1.807) is 18.2 Å². The fourth-order valence-electron chi connectivity index (χ4n) is 3.74. The van der Waals surface area contributed by atoms with Crippen molar-refractivity contribution in [2.24, 2.45) is 0 Å². The summed E-state index contributed by atoms with van der Waals surface area (Å²) in [5.41, 5.74) is 0.662. The summed E-state index contributed by atoms with van der Waals surface area (Å²) in [6, 6.07) is 14.9. The fourth-order valence-corrected chi connectivity index (χ4v) is 4.04. The third-order valence-electron chi connectivity index (χ3n) is 5.11. The van der Waals surface area contributed by atoms with E-state index in [1.807, 2.05) is 30.3 Å². The Hall–Kier alpha value is -1.55. The zero-order valence-electron chi connectivity index (χ0n) is 14.6. The van der Waals surface area contributed by atoms with Crippen LogP contribution < -0.4 is 5.32 Å². The Bertz CT molecular complexity index is 758. The van der Waals surface area contributed by atoms with Gasteiger partial charge in [0.2, 0.25) is 5.91 Å². The number of rotatable bonds is 5. The minimum atomic E-state index is -1.06. The van der Waals surface area contributed by atoms with Crippen LogP contribution in [0.2, 0.25) is 10.0 Å². The molecular weight excluding hydrogens is 369 g/mol. The number of benzene rings is 2. The summed E-state index contributed by atoms with van der Waals surface area (Å²) in [5, 5.41) is 15.1. The van der Waals surface area contributed by atoms with Gasteiger partial charge in [0, 0.05) is 6.54 Å². The summed E-state index contributed by atoms with van der Waals surface area (Å²) >= 11 is 12.2. The molecule has 1 atom stereocenters. The Morgan fingerprint density at radius 3 is 2.38 bits per heavy atom. The van der Waals surface area contributed by atoms with Crippen LogP contribution in [0.1, 0.15) is 49.1 Å². The third kappa shape index (κ3) is 4.40. The average molecular weight is 392 g/mol. The molecule has 0 aliphatic heterocycles. The summed E-state index contributed by atoms with van der Waals surface area (Å²) < 4.78 is 0. The Labute approximate surface area is 164 Å². The topological polar surface area (TPSA) is 49.3 Å². The highest BCUT2D eigenvalue weighted by Gasteiger charge is 2.43. The third-order valence-corrected chi connectivity index (χ3v) is 5.84. The minimum absolute atomic E-state index is 0.184. The molecule has 0 saturated heterocycles. The number of hydrogen-bond acceptors (Lipinski definition) is 2. The van der Waals surface area contributed by atoms with Crippen molar-refractivity contribution in [2.75, 3.05) is 0 Å². The average Bonchev–Trinajstić information content (AvgIpc) is 2.64. The van der Waals surface area contributed by atoms with Gasteiger partial charge in [-0.1, -0.05) is 78.9 Å². The van der Waals surface area contributed by atoms with Gasteiger partial charge in [0.1, 0.15) is 0 Å². The summed E-state index contributed by atoms with van der Waals surface area (Å²) in [7, 11) is 0. The van der Waals surface area contributed by atoms with Crippen molar-refractivity contribution in [3.8, 4) is 0 Å². The lowest BCUT2D eigenvalue weighted by Gasteiger charge is -2.38. The predicted molar refractivity (Wildman–Crippen MR) is 106 cm³/mol. The first kappa shape index (κ1) is 19.2. The lowest BCUT2D eigenvalue weighted by atomic mass is 9.72. The first-order valence-electron chi connectivity index (χ1n) is 8.98. The molecule has 0 aromatic heterocycles. The van der Waals surface area contributed by atoms with E-state index in [4.69, 9.17) is 23.2 Å². The first-order valence-corrected chi connectivity index (χ1v) is 9.74. The molecule has 1 saturated carbocycles. The number of hydrogen-bond donors (Lipinski definition) is 2. The van der Waals surface area contributed by atoms with Gasteiger partial charge < -0.3 is 10.4 Å². The lowest BCUT2D eigenvalue weighted by molar-refractivity contribution is -0.131. The van der Waals surface area contributed by atoms with Gasteiger partial charge in [-0.2, -0.15) is 0 Å². The van der Waals surface area contributed by atoms with Crippen LogP contribution in [0.25, 0.3) is 0 Å². The number of carbonyl (C=O) groups is 1. The van der Waals surface area contributed by atoms with Gasteiger partial charge in [-0.15, -0.1) is 0 Å². The monoisotopic (exact) mass is 391 g/mol. The van der Waals surface area contributed by atoms with E-state index in [0.717, 1.165) is 24.8 Å². The summed E-state index contributed by atoms with van der Waals surface area (Å²) in [5.74, 6) is -0.849. The van der Waals surface area contributed by atoms with Gasteiger partial charge in [0.25, 0.3) is 0 Å². The number of carbonyl (C=O) groups excluding carboxylic acids is 1. The van der Waals surface area contributed by atoms with Gasteiger partial charge in [-0.25, -0.2) is 0 Å². The SMILES string of the molecule is O=C(NCc1ccccc1)C(c1ccc(Cl)c(Cl)c1)C1(O)CCCCC1. The Morgan fingerprint density at radius 2 is 1.73 bits per heavy atom. The highest BCUT2D eigenvalue weighted by atomic mass is 35.5. The molecule has 3 nitrogen and oxygen atoms in total. The van der Waals surface area contributed by atoms with E-state index in [0.29, 0.717) is 35.0 Å². The Balaban J connectivity index is 1.86. The highest BCUT2D eigenvalue weighted by molar-refractivity contribution is 6.42. The maximum atomic E-state index is 13.1. The summed E-state index contributed by atoms with van der Waals surface area (Å²) in [4.78, 5) is 13.1. The van der Waals surface area contributed by atoms with E-state index in [1.165, 1.54) is 0 Å². The number of amides is 1. The van der Waals surface area contributed by atoms with Crippen LogP contribution >= 0.6 is 23.2 Å². The Morgan fingerprint density at radius 1 is 1.04 bits per heavy atom. The second kappa shape index (κ2) is 8.43. The molecule has 1 fully saturated rings. The molecule has 0 spiro atoms. The molecule has 1 aliphatic carbocycles. The molecule has 3 rings (SSSR count). The smallest absolute Gasteiger partial charge is 0.230 e. The van der Waals surface area contributed by atoms with Gasteiger partial charge >= 0.3 is 0 Å². The van der Waals surface area contributed by atoms with E-state index in [-0.39, 0.29) is 5.91 Å². The van der Waals surface area contributed by atoms with E-state index in [2.05, 4.69) is 5.32 Å². The maximum Gasteiger partial charge on any atom is 0.230 e. The molecule has 2 aromatic carbocycles. The molecule has 1 unspecified atom stereocenters. The molecule has 26 heavy (non-hydrogen) atoms. The number of nitrogens with one attached hydrogen (secondary N) is 1. The van der Waals surface area contributed by atoms with E-state index >= 15 is 0 Å². The number of aliphatic hydroxyl groups is 1. The zero-order valence-corrected chi connectivity index (χ0v) is 16.1. The first-order chi connectivity index (χ1) is 12.5. The van der Waals surface area contributed by atoms with Crippen LogP contribution in [-0.4, -0.2) is 16.6 Å². The summed E-state index contributed by atoms with van der Waals surface area (Å²) in [6.45, 7) is 0.424. The van der Waals surface area contributed by atoms with Crippen LogP contribution in [-0.2, 0) is 11.3 Å². The van der Waals surface area contributed by atoms with Crippen molar-refractivity contribution in [3.05, 3.63) is 69.7 Å². The molecule has 1 aliphatic rings. The molecule has 2 aromatic rings. The van der Waals surface area contributed by atoms with Crippen molar-refractivity contribution in [2.45, 2.75) is 50.2 Å². The fraction of sp³-hybridized carbons (Fsp3) is 0.381. The molecule has 138 valence electrons. The molecule has 2 N–H and O–H groups in total. The van der Waals surface area contributed by atoms with Crippen molar-refractivity contribution in [1.29, 1.82) is 0 Å². The maximum absolute atomic E-state index is 13.1. The van der Waals surface area contributed by atoms with Crippen molar-refractivity contribution in [1.82, 2.24) is 5.32 Å². The van der Waals surface area contributed by atoms with Crippen LogP contribution in [0, 0.1) is 0 Å². The van der Waals surface area contributed by atoms with Crippen LogP contribution in [0.15, 0.2) is 48.5 Å². The second-order valence-electron chi connectivity index (χ2n) is 6.97. The van der Waals surface area contributed by atoms with Gasteiger partial charge in [0.15, 0.2) is 0 Å². The molecule has 5 heteroatoms. The molecule has 1 amide bonds. The van der Waals surface area contributed by atoms with Crippen LogP contribution in [0.5, 0.6) is 0 Å². The van der Waals surface area contributed by atoms with Crippen molar-refractivity contribution < 1.29 is 9.90 Å². The number of halogens is 2. The standard InChI is InChI=1S/C21H23Cl2NO2/c22-17-10-9-16(13-18(17)23)19(21(26)11-5-2-6-12-21)20(25)24-14-15-7-3-1-4-8-15/h1,3-4,7-10,13,19,26H,2,5-6,11-12,14H2,(H,24,25). The lowest BCUT2D eigenvalue weighted by Crippen LogP contribution is -2.46. The molecular formula is C21H23Cl2NO2. The molecule has 0 heterocycles. The summed E-state index contributed by atoms with van der Waals surface area (Å²) in [6.07, 6.45) is 4.13. The van der Waals surface area contributed by atoms with E-state index in [9.17, 15) is 9.90 Å². The van der Waals surface area contributed by atoms with Crippen LogP contribution in [0.3, 0.4) is 0 Å². The van der Waals surface area contributed by atoms with Crippen molar-refractivity contribution in [3.63, 3.8) is 0 Å². The highest BCUT2D eigenvalue weighted by Crippen LogP contribution is 2.41. The van der Waals surface area contributed by atoms with E-state index < -0.39 is 11.5 Å². The molecule has 0 bridgehead atoms. The quantitative estimate of drug-likeness (QED) is 0.745. The van der Waals surface area contributed by atoms with Crippen LogP contribution in [0.4, 0.5) is 0 Å². The predicted octanol–water partition coefficient (Wildman–Crippen LogP) is 5.09.